The third-order valence-corrected chi connectivity index (χ3v) is 3.32. The Morgan fingerprint density at radius 3 is 2.47 bits per heavy atom. The van der Waals surface area contributed by atoms with Gasteiger partial charge in [0.15, 0.2) is 0 Å². The van der Waals surface area contributed by atoms with Crippen molar-refractivity contribution in [2.45, 2.75) is 13.5 Å². The van der Waals surface area contributed by atoms with Gasteiger partial charge in [-0.15, -0.1) is 0 Å². The maximum Gasteiger partial charge on any atom is 0.0705 e. The van der Waals surface area contributed by atoms with Gasteiger partial charge < -0.3 is 5.11 Å². The molecule has 1 aromatic carbocycles. The first-order chi connectivity index (χ1) is 8.11. The molecule has 0 radical (unpaired) electrons. The largest absolute Gasteiger partial charge is 0.392 e. The zero-order valence-corrected chi connectivity index (χ0v) is 10.8. The molecule has 2 nitrogen and oxygen atoms in total. The number of nitrogens with zero attached hydrogens (tertiary/aromatic N) is 1. The minimum atomic E-state index is 0.000483. The number of benzene rings is 1. The highest BCUT2D eigenvalue weighted by Gasteiger charge is 2.05. The van der Waals surface area contributed by atoms with Gasteiger partial charge in [-0.2, -0.15) is 0 Å². The van der Waals surface area contributed by atoms with E-state index < -0.39 is 0 Å². The Hall–Kier alpha value is -1.09. The third kappa shape index (κ3) is 2.60. The maximum absolute atomic E-state index is 9.08. The smallest absolute Gasteiger partial charge is 0.0705 e. The van der Waals surface area contributed by atoms with Crippen LogP contribution in [0.15, 0.2) is 30.3 Å². The second-order valence-electron chi connectivity index (χ2n) is 3.73. The van der Waals surface area contributed by atoms with E-state index in [0.717, 1.165) is 22.5 Å². The van der Waals surface area contributed by atoms with Gasteiger partial charge in [0.1, 0.15) is 0 Å². The molecule has 0 bridgehead atoms. The lowest BCUT2D eigenvalue weighted by molar-refractivity contribution is 0.280. The molecule has 0 fully saturated rings. The van der Waals surface area contributed by atoms with Crippen LogP contribution in [0.3, 0.4) is 0 Å². The molecular weight excluding hydrogens is 257 g/mol. The predicted octanol–water partition coefficient (Wildman–Crippen LogP) is 3.86. The molecule has 4 heteroatoms. The molecule has 0 aliphatic carbocycles. The lowest BCUT2D eigenvalue weighted by Crippen LogP contribution is -1.94. The summed E-state index contributed by atoms with van der Waals surface area (Å²) < 4.78 is 0. The summed E-state index contributed by atoms with van der Waals surface area (Å²) in [5.74, 6) is 0. The monoisotopic (exact) mass is 267 g/mol. The lowest BCUT2D eigenvalue weighted by atomic mass is 10.1. The summed E-state index contributed by atoms with van der Waals surface area (Å²) in [7, 11) is 0. The molecule has 0 aliphatic rings. The van der Waals surface area contributed by atoms with Crippen LogP contribution in [0.1, 0.15) is 11.3 Å². The van der Waals surface area contributed by atoms with Gasteiger partial charge >= 0.3 is 0 Å². The molecule has 0 amide bonds. The zero-order chi connectivity index (χ0) is 12.4. The number of pyridine rings is 1. The van der Waals surface area contributed by atoms with E-state index in [-0.39, 0.29) is 6.61 Å². The van der Waals surface area contributed by atoms with Crippen LogP contribution in [0.5, 0.6) is 0 Å². The fourth-order valence-electron chi connectivity index (χ4n) is 1.57. The van der Waals surface area contributed by atoms with Gasteiger partial charge in [-0.05, 0) is 30.7 Å². The molecule has 0 saturated carbocycles. The fourth-order valence-corrected chi connectivity index (χ4v) is 1.87. The van der Waals surface area contributed by atoms with Gasteiger partial charge in [-0.1, -0.05) is 35.3 Å². The van der Waals surface area contributed by atoms with Crippen LogP contribution in [0.25, 0.3) is 11.3 Å². The quantitative estimate of drug-likeness (QED) is 0.897. The van der Waals surface area contributed by atoms with E-state index in [1.165, 1.54) is 0 Å². The molecule has 0 atom stereocenters. The lowest BCUT2D eigenvalue weighted by Gasteiger charge is -2.06. The summed E-state index contributed by atoms with van der Waals surface area (Å²) in [6.07, 6.45) is 0. The van der Waals surface area contributed by atoms with E-state index in [1.54, 1.807) is 12.1 Å². The molecule has 1 N–H and O–H groups in total. The number of hydrogen-bond donors (Lipinski definition) is 1. The Morgan fingerprint density at radius 1 is 1.12 bits per heavy atom. The van der Waals surface area contributed by atoms with Crippen molar-refractivity contribution in [2.75, 3.05) is 0 Å². The summed E-state index contributed by atoms with van der Waals surface area (Å²) in [6, 6.07) is 9.12. The average Bonchev–Trinajstić information content (AvgIpc) is 2.32. The summed E-state index contributed by atoms with van der Waals surface area (Å²) in [4.78, 5) is 4.42. The van der Waals surface area contributed by atoms with Crippen LogP contribution in [0.2, 0.25) is 10.0 Å². The number of halogens is 2. The Balaban J connectivity index is 2.46. The van der Waals surface area contributed by atoms with Crippen LogP contribution in [0, 0.1) is 6.92 Å². The van der Waals surface area contributed by atoms with Crippen LogP contribution < -0.4 is 0 Å². The van der Waals surface area contributed by atoms with Crippen molar-refractivity contribution in [3.05, 3.63) is 51.6 Å². The van der Waals surface area contributed by atoms with Gasteiger partial charge in [0.25, 0.3) is 0 Å². The summed E-state index contributed by atoms with van der Waals surface area (Å²) in [5.41, 5.74) is 3.37. The van der Waals surface area contributed by atoms with Gasteiger partial charge in [-0.3, -0.25) is 4.98 Å². The highest BCUT2D eigenvalue weighted by atomic mass is 35.5. The van der Waals surface area contributed by atoms with E-state index >= 15 is 0 Å². The Morgan fingerprint density at radius 2 is 1.88 bits per heavy atom. The highest BCUT2D eigenvalue weighted by molar-refractivity contribution is 6.42. The number of aliphatic hydroxyl groups is 1. The number of aromatic nitrogens is 1. The van der Waals surface area contributed by atoms with E-state index in [1.807, 2.05) is 25.1 Å². The first kappa shape index (κ1) is 12.4. The average molecular weight is 268 g/mol. The number of aliphatic hydroxyl groups excluding tert-OH is 1. The molecule has 0 saturated heterocycles. The zero-order valence-electron chi connectivity index (χ0n) is 9.24. The van der Waals surface area contributed by atoms with Crippen molar-refractivity contribution in [1.82, 2.24) is 4.98 Å². The fraction of sp³-hybridized carbons (Fsp3) is 0.154. The van der Waals surface area contributed by atoms with Gasteiger partial charge in [0, 0.05) is 11.3 Å². The van der Waals surface area contributed by atoms with E-state index in [0.29, 0.717) is 10.0 Å². The third-order valence-electron chi connectivity index (χ3n) is 2.58. The summed E-state index contributed by atoms with van der Waals surface area (Å²) in [5, 5.41) is 10.1. The van der Waals surface area contributed by atoms with Crippen LogP contribution in [-0.4, -0.2) is 10.1 Å². The first-order valence-corrected chi connectivity index (χ1v) is 5.90. The van der Waals surface area contributed by atoms with Crippen LogP contribution >= 0.6 is 23.2 Å². The number of aryl methyl sites for hydroxylation is 1. The SMILES string of the molecule is Cc1nc(-c2ccc(Cl)c(Cl)c2)ccc1CO. The molecule has 88 valence electrons. The minimum Gasteiger partial charge on any atom is -0.392 e. The van der Waals surface area contributed by atoms with E-state index in [9.17, 15) is 0 Å². The van der Waals surface area contributed by atoms with Crippen molar-refractivity contribution in [3.63, 3.8) is 0 Å². The normalized spacial score (nSPS) is 10.6. The van der Waals surface area contributed by atoms with Crippen molar-refractivity contribution in [3.8, 4) is 11.3 Å². The molecule has 0 aliphatic heterocycles. The molecule has 1 heterocycles. The van der Waals surface area contributed by atoms with Crippen LogP contribution in [0.4, 0.5) is 0 Å². The van der Waals surface area contributed by atoms with E-state index in [4.69, 9.17) is 28.3 Å². The van der Waals surface area contributed by atoms with Crippen molar-refractivity contribution >= 4 is 23.2 Å². The Bertz CT molecular complexity index is 555. The summed E-state index contributed by atoms with van der Waals surface area (Å²) >= 11 is 11.8. The van der Waals surface area contributed by atoms with Crippen molar-refractivity contribution < 1.29 is 5.11 Å². The molecule has 0 spiro atoms. The van der Waals surface area contributed by atoms with Gasteiger partial charge in [-0.25, -0.2) is 0 Å². The molecule has 2 aromatic rings. The van der Waals surface area contributed by atoms with Crippen molar-refractivity contribution in [2.24, 2.45) is 0 Å². The summed E-state index contributed by atoms with van der Waals surface area (Å²) in [6.45, 7) is 1.87. The van der Waals surface area contributed by atoms with Gasteiger partial charge in [0.2, 0.25) is 0 Å². The topological polar surface area (TPSA) is 33.1 Å². The standard InChI is InChI=1S/C13H11Cl2NO/c1-8-10(7-17)3-5-13(16-8)9-2-4-11(14)12(15)6-9/h2-6,17H,7H2,1H3. The molecule has 0 unspecified atom stereocenters. The van der Waals surface area contributed by atoms with E-state index in [2.05, 4.69) is 4.98 Å². The van der Waals surface area contributed by atoms with Crippen LogP contribution in [-0.2, 0) is 6.61 Å². The minimum absolute atomic E-state index is 0.000483. The molecular formula is C13H11Cl2NO. The predicted molar refractivity (Wildman–Crippen MR) is 70.4 cm³/mol. The van der Waals surface area contributed by atoms with Gasteiger partial charge in [0.05, 0.1) is 22.3 Å². The number of hydrogen-bond acceptors (Lipinski definition) is 2. The molecule has 2 rings (SSSR count). The molecule has 17 heavy (non-hydrogen) atoms. The van der Waals surface area contributed by atoms with Crippen molar-refractivity contribution in [1.29, 1.82) is 0 Å². The molecule has 1 aromatic heterocycles. The number of rotatable bonds is 2. The second-order valence-corrected chi connectivity index (χ2v) is 4.54. The highest BCUT2D eigenvalue weighted by Crippen LogP contribution is 2.28. The first-order valence-electron chi connectivity index (χ1n) is 5.14. The Labute approximate surface area is 110 Å². The maximum atomic E-state index is 9.08. The Kier molecular flexibility index (Phi) is 3.67. The second kappa shape index (κ2) is 5.05.